The number of hydrogen-bond donors (Lipinski definition) is 0. The third-order valence-corrected chi connectivity index (χ3v) is 14.8. The molecule has 0 saturated heterocycles. The molecule has 1 aliphatic carbocycles. The summed E-state index contributed by atoms with van der Waals surface area (Å²) in [5.74, 6) is 0. The van der Waals surface area contributed by atoms with E-state index in [1.54, 1.807) is 0 Å². The Morgan fingerprint density at radius 3 is 1.71 bits per heavy atom. The van der Waals surface area contributed by atoms with E-state index in [1.165, 1.54) is 99.1 Å². The van der Waals surface area contributed by atoms with Crippen LogP contribution in [0.4, 0.5) is 17.1 Å². The summed E-state index contributed by atoms with van der Waals surface area (Å²) in [6.07, 6.45) is 0. The second kappa shape index (κ2) is 16.5. The molecule has 12 aromatic rings. The van der Waals surface area contributed by atoms with Crippen molar-refractivity contribution in [1.82, 2.24) is 0 Å². The predicted molar refractivity (Wildman–Crippen MR) is 293 cm³/mol. The van der Waals surface area contributed by atoms with Gasteiger partial charge in [-0.1, -0.05) is 237 Å². The maximum absolute atomic E-state index is 2.46. The molecule has 0 aromatic heterocycles. The third-order valence-electron chi connectivity index (χ3n) is 14.8. The van der Waals surface area contributed by atoms with Gasteiger partial charge in [-0.25, -0.2) is 0 Å². The third kappa shape index (κ3) is 6.61. The lowest BCUT2D eigenvalue weighted by molar-refractivity contribution is 0.714. The summed E-state index contributed by atoms with van der Waals surface area (Å²) in [7, 11) is 0. The van der Waals surface area contributed by atoms with E-state index >= 15 is 0 Å². The lowest BCUT2D eigenvalue weighted by atomic mass is 9.74. The number of anilines is 3. The molecule has 0 radical (unpaired) electrons. The molecular weight excluding hydrogens is 831 g/mol. The number of benzene rings is 12. The molecule has 12 aromatic carbocycles. The summed E-state index contributed by atoms with van der Waals surface area (Å²) in [5.41, 5.74) is 19.2. The lowest BCUT2D eigenvalue weighted by Crippen LogP contribution is -2.22. The van der Waals surface area contributed by atoms with Gasteiger partial charge < -0.3 is 4.90 Å². The number of para-hydroxylation sites is 1. The fraction of sp³-hybridized carbons (Fsp3) is 0.0294. The van der Waals surface area contributed by atoms with Gasteiger partial charge in [0.15, 0.2) is 0 Å². The minimum Gasteiger partial charge on any atom is -0.310 e. The first kappa shape index (κ1) is 40.5. The maximum Gasteiger partial charge on any atom is 0.0540 e. The van der Waals surface area contributed by atoms with Crippen LogP contribution in [0.1, 0.15) is 23.6 Å². The smallest absolute Gasteiger partial charge is 0.0540 e. The molecule has 324 valence electrons. The lowest BCUT2D eigenvalue weighted by Gasteiger charge is -2.29. The fourth-order valence-corrected chi connectivity index (χ4v) is 11.5. The molecule has 0 aliphatic heterocycles. The minimum absolute atomic E-state index is 0.270. The maximum atomic E-state index is 2.46. The topological polar surface area (TPSA) is 3.24 Å². The quantitative estimate of drug-likeness (QED) is 0.138. The van der Waals surface area contributed by atoms with Gasteiger partial charge in [0.1, 0.15) is 0 Å². The Morgan fingerprint density at radius 2 is 0.870 bits per heavy atom. The molecule has 69 heavy (non-hydrogen) atoms. The van der Waals surface area contributed by atoms with Gasteiger partial charge in [0.25, 0.3) is 0 Å². The Kier molecular flexibility index (Phi) is 9.70. The molecule has 0 saturated carbocycles. The highest BCUT2D eigenvalue weighted by molar-refractivity contribution is 6.13. The Morgan fingerprint density at radius 1 is 0.304 bits per heavy atom. The fourth-order valence-electron chi connectivity index (χ4n) is 11.5. The second-order valence-corrected chi connectivity index (χ2v) is 18.5. The van der Waals surface area contributed by atoms with Crippen molar-refractivity contribution in [2.75, 3.05) is 4.90 Å². The SMILES string of the molecule is CC1(c2ccccc2)c2ccccc2-c2c(-c3ccc(N(c4cccc(-c5cccc6c5ccc5ccccc56)c4)c4ccccc4-c4cccc5cccc(-c6ccccc6)c45)cc3)cccc21. The van der Waals surface area contributed by atoms with Crippen LogP contribution in [0, 0.1) is 0 Å². The molecule has 0 heterocycles. The first-order valence-electron chi connectivity index (χ1n) is 24.0. The zero-order chi connectivity index (χ0) is 45.9. The normalized spacial score (nSPS) is 13.9. The van der Waals surface area contributed by atoms with Crippen LogP contribution in [0.25, 0.3) is 88.0 Å². The molecule has 1 heteroatoms. The van der Waals surface area contributed by atoms with Crippen LogP contribution >= 0.6 is 0 Å². The van der Waals surface area contributed by atoms with Gasteiger partial charge in [-0.3, -0.25) is 0 Å². The zero-order valence-electron chi connectivity index (χ0n) is 38.4. The van der Waals surface area contributed by atoms with E-state index in [9.17, 15) is 0 Å². The summed E-state index contributed by atoms with van der Waals surface area (Å²) in [4.78, 5) is 2.46. The van der Waals surface area contributed by atoms with Crippen molar-refractivity contribution in [1.29, 1.82) is 0 Å². The number of hydrogen-bond acceptors (Lipinski definition) is 1. The van der Waals surface area contributed by atoms with Crippen molar-refractivity contribution in [2.45, 2.75) is 12.3 Å². The average Bonchev–Trinajstić information content (AvgIpc) is 3.70. The van der Waals surface area contributed by atoms with Gasteiger partial charge in [0, 0.05) is 22.4 Å². The molecule has 0 spiro atoms. The minimum atomic E-state index is -0.270. The Labute approximate surface area is 403 Å². The van der Waals surface area contributed by atoms with Crippen LogP contribution in [0.5, 0.6) is 0 Å². The molecule has 0 N–H and O–H groups in total. The Balaban J connectivity index is 1.00. The van der Waals surface area contributed by atoms with Gasteiger partial charge in [0.2, 0.25) is 0 Å². The molecule has 1 unspecified atom stereocenters. The molecule has 0 bridgehead atoms. The van der Waals surface area contributed by atoms with Crippen LogP contribution in [0.2, 0.25) is 0 Å². The summed E-state index contributed by atoms with van der Waals surface area (Å²) in [6.45, 7) is 2.39. The Bertz CT molecular complexity index is 3900. The van der Waals surface area contributed by atoms with Gasteiger partial charge in [-0.15, -0.1) is 0 Å². The summed E-state index contributed by atoms with van der Waals surface area (Å²) in [6, 6.07) is 98.4. The molecule has 1 nitrogen and oxygen atoms in total. The number of fused-ring (bicyclic) bond motifs is 7. The first-order chi connectivity index (χ1) is 34.1. The van der Waals surface area contributed by atoms with Gasteiger partial charge in [0.05, 0.1) is 5.69 Å². The van der Waals surface area contributed by atoms with Crippen molar-refractivity contribution in [3.8, 4) is 55.6 Å². The van der Waals surface area contributed by atoms with E-state index in [2.05, 4.69) is 279 Å². The van der Waals surface area contributed by atoms with E-state index < -0.39 is 0 Å². The summed E-state index contributed by atoms with van der Waals surface area (Å²) in [5, 5.41) is 7.48. The summed E-state index contributed by atoms with van der Waals surface area (Å²) >= 11 is 0. The molecule has 0 amide bonds. The molecule has 0 fully saturated rings. The highest BCUT2D eigenvalue weighted by atomic mass is 15.1. The van der Waals surface area contributed by atoms with Crippen LogP contribution in [0.15, 0.2) is 267 Å². The van der Waals surface area contributed by atoms with E-state index in [-0.39, 0.29) is 5.41 Å². The highest BCUT2D eigenvalue weighted by Gasteiger charge is 2.41. The molecular formula is C68H47N. The van der Waals surface area contributed by atoms with E-state index in [0.717, 1.165) is 22.6 Å². The van der Waals surface area contributed by atoms with Crippen molar-refractivity contribution >= 4 is 49.4 Å². The summed E-state index contributed by atoms with van der Waals surface area (Å²) < 4.78 is 0. The molecule has 1 atom stereocenters. The van der Waals surface area contributed by atoms with Crippen LogP contribution < -0.4 is 4.90 Å². The second-order valence-electron chi connectivity index (χ2n) is 18.5. The van der Waals surface area contributed by atoms with Crippen LogP contribution in [-0.4, -0.2) is 0 Å². The van der Waals surface area contributed by atoms with Crippen molar-refractivity contribution in [2.24, 2.45) is 0 Å². The predicted octanol–water partition coefficient (Wildman–Crippen LogP) is 18.6. The molecule has 13 rings (SSSR count). The Hall–Kier alpha value is -8.78. The molecule has 1 aliphatic rings. The van der Waals surface area contributed by atoms with Gasteiger partial charge in [-0.2, -0.15) is 0 Å². The zero-order valence-corrected chi connectivity index (χ0v) is 38.4. The average molecular weight is 878 g/mol. The van der Waals surface area contributed by atoms with Gasteiger partial charge in [-0.05, 0) is 136 Å². The van der Waals surface area contributed by atoms with Crippen LogP contribution in [0.3, 0.4) is 0 Å². The number of nitrogens with zero attached hydrogens (tertiary/aromatic N) is 1. The van der Waals surface area contributed by atoms with Gasteiger partial charge >= 0.3 is 0 Å². The van der Waals surface area contributed by atoms with E-state index in [4.69, 9.17) is 0 Å². The van der Waals surface area contributed by atoms with E-state index in [1.807, 2.05) is 0 Å². The number of rotatable bonds is 8. The van der Waals surface area contributed by atoms with Crippen LogP contribution in [-0.2, 0) is 5.41 Å². The van der Waals surface area contributed by atoms with Crippen molar-refractivity contribution in [3.63, 3.8) is 0 Å². The van der Waals surface area contributed by atoms with Crippen molar-refractivity contribution < 1.29 is 0 Å². The highest BCUT2D eigenvalue weighted by Crippen LogP contribution is 2.55. The largest absolute Gasteiger partial charge is 0.310 e. The monoisotopic (exact) mass is 877 g/mol. The standard InChI is InChI=1S/C68H47N/c1-68(51-25-6-3-7-26-51)63-36-12-10-30-62(63)67-57(33-18-37-64(67)68)48-39-42-52(43-40-48)69(53-27-14-24-50(45-53)55-31-17-34-58-54-28-9-8-21-47(54)41-44-59(55)58)65-38-13-11-29-60(65)61-35-16-23-49-22-15-32-56(66(49)61)46-19-4-2-5-20-46/h2-45H,1H3. The van der Waals surface area contributed by atoms with E-state index in [0.29, 0.717) is 0 Å². The first-order valence-corrected chi connectivity index (χ1v) is 24.0. The van der Waals surface area contributed by atoms with Crippen molar-refractivity contribution in [3.05, 3.63) is 284 Å².